The van der Waals surface area contributed by atoms with Gasteiger partial charge in [0.1, 0.15) is 12.4 Å². The van der Waals surface area contributed by atoms with Crippen molar-refractivity contribution in [1.82, 2.24) is 9.62 Å². The van der Waals surface area contributed by atoms with Gasteiger partial charge in [0, 0.05) is 18.2 Å². The smallest absolute Gasteiger partial charge is 0.263 e. The maximum Gasteiger partial charge on any atom is 0.263 e. The molecule has 0 unspecified atom stereocenters. The van der Waals surface area contributed by atoms with E-state index in [9.17, 15) is 13.2 Å². The normalized spacial score (nSPS) is 21.5. The molecule has 146 valence electrons. The second kappa shape index (κ2) is 7.75. The first-order valence-electron chi connectivity index (χ1n) is 9.55. The Kier molecular flexibility index (Phi) is 5.17. The first-order valence-corrected chi connectivity index (χ1v) is 11.0. The summed E-state index contributed by atoms with van der Waals surface area (Å²) in [6.45, 7) is 0.694. The maximum absolute atomic E-state index is 12.7. The number of aryl methyl sites for hydroxylation is 1. The molecule has 2 aromatic carbocycles. The Labute approximate surface area is 165 Å². The number of benzene rings is 2. The first kappa shape index (κ1) is 18.7. The van der Waals surface area contributed by atoms with Crippen LogP contribution in [0.1, 0.15) is 30.4 Å². The molecule has 2 aromatic rings. The minimum Gasteiger partial charge on any atom is -0.338 e. The molecule has 0 radical (unpaired) electrons. The number of rotatable bonds is 5. The van der Waals surface area contributed by atoms with E-state index < -0.39 is 10.0 Å². The van der Waals surface area contributed by atoms with E-state index in [1.165, 1.54) is 5.56 Å². The van der Waals surface area contributed by atoms with Crippen LogP contribution in [-0.4, -0.2) is 44.2 Å². The molecular formula is C21H23N3O3S. The minimum absolute atomic E-state index is 0.0476. The predicted octanol–water partition coefficient (Wildman–Crippen LogP) is 2.35. The molecule has 0 aromatic heterocycles. The summed E-state index contributed by atoms with van der Waals surface area (Å²) in [5.41, 5.74) is 1.80. The highest BCUT2D eigenvalue weighted by Gasteiger charge is 2.31. The van der Waals surface area contributed by atoms with Crippen molar-refractivity contribution in [3.8, 4) is 0 Å². The zero-order valence-electron chi connectivity index (χ0n) is 15.5. The number of amidine groups is 1. The lowest BCUT2D eigenvalue weighted by Crippen LogP contribution is -2.37. The lowest BCUT2D eigenvalue weighted by atomic mass is 10.0. The van der Waals surface area contributed by atoms with E-state index in [4.69, 9.17) is 0 Å². The molecule has 2 heterocycles. The third kappa shape index (κ3) is 3.80. The maximum atomic E-state index is 12.7. The number of likely N-dealkylation sites (tertiary alicyclic amines) is 1. The molecule has 2 aliphatic rings. The summed E-state index contributed by atoms with van der Waals surface area (Å²) in [5.74, 6) is 0.204. The second-order valence-corrected chi connectivity index (χ2v) is 8.82. The predicted molar refractivity (Wildman–Crippen MR) is 108 cm³/mol. The van der Waals surface area contributed by atoms with Gasteiger partial charge in [0.2, 0.25) is 5.91 Å². The van der Waals surface area contributed by atoms with Crippen molar-refractivity contribution in [1.29, 1.82) is 0 Å². The highest BCUT2D eigenvalue weighted by molar-refractivity contribution is 7.90. The number of sulfonamides is 1. The van der Waals surface area contributed by atoms with E-state index in [0.29, 0.717) is 5.56 Å². The highest BCUT2D eigenvalue weighted by Crippen LogP contribution is 2.24. The number of hydrogen-bond acceptors (Lipinski definition) is 4. The average molecular weight is 398 g/mol. The van der Waals surface area contributed by atoms with Crippen molar-refractivity contribution in [3.63, 3.8) is 0 Å². The standard InChI is InChI=1S/C21H23N3O3S/c25-20(15-22-21-18-10-4-5-11-19(18)28(26,27)23-21)24-14-6-9-17(24)13-12-16-7-2-1-3-8-16/h1-5,7-8,10-11,17H,6,9,12-15H2,(H,22,23)/t17-/m0/s1. The lowest BCUT2D eigenvalue weighted by Gasteiger charge is -2.24. The topological polar surface area (TPSA) is 78.8 Å². The van der Waals surface area contributed by atoms with E-state index in [-0.39, 0.29) is 29.2 Å². The molecular weight excluding hydrogens is 374 g/mol. The summed E-state index contributed by atoms with van der Waals surface area (Å²) in [7, 11) is -3.58. The lowest BCUT2D eigenvalue weighted by molar-refractivity contribution is -0.130. The van der Waals surface area contributed by atoms with Crippen LogP contribution in [0.2, 0.25) is 0 Å². The fourth-order valence-corrected chi connectivity index (χ4v) is 5.18. The van der Waals surface area contributed by atoms with Crippen LogP contribution in [0.15, 0.2) is 64.5 Å². The Morgan fingerprint density at radius 3 is 2.68 bits per heavy atom. The number of nitrogens with zero attached hydrogens (tertiary/aromatic N) is 2. The fourth-order valence-electron chi connectivity index (χ4n) is 3.93. The van der Waals surface area contributed by atoms with Gasteiger partial charge in [-0.15, -0.1) is 0 Å². The minimum atomic E-state index is -3.58. The van der Waals surface area contributed by atoms with Gasteiger partial charge < -0.3 is 4.90 Å². The quantitative estimate of drug-likeness (QED) is 0.841. The highest BCUT2D eigenvalue weighted by atomic mass is 32.2. The average Bonchev–Trinajstić information content (AvgIpc) is 3.28. The van der Waals surface area contributed by atoms with E-state index in [2.05, 4.69) is 21.8 Å². The number of amides is 1. The van der Waals surface area contributed by atoms with E-state index in [1.807, 2.05) is 23.1 Å². The van der Waals surface area contributed by atoms with Crippen LogP contribution < -0.4 is 4.72 Å². The number of fused-ring (bicyclic) bond motifs is 1. The molecule has 1 saturated heterocycles. The Morgan fingerprint density at radius 2 is 1.86 bits per heavy atom. The molecule has 1 fully saturated rings. The number of hydrogen-bond donors (Lipinski definition) is 1. The Bertz CT molecular complexity index is 1000. The van der Waals surface area contributed by atoms with Gasteiger partial charge in [0.05, 0.1) is 4.90 Å². The van der Waals surface area contributed by atoms with Crippen LogP contribution in [0, 0.1) is 0 Å². The fraction of sp³-hybridized carbons (Fsp3) is 0.333. The summed E-state index contributed by atoms with van der Waals surface area (Å²) in [6.07, 6.45) is 3.88. The zero-order valence-corrected chi connectivity index (χ0v) is 16.4. The van der Waals surface area contributed by atoms with Gasteiger partial charge in [0.15, 0.2) is 0 Å². The Balaban J connectivity index is 1.41. The van der Waals surface area contributed by atoms with Gasteiger partial charge in [-0.2, -0.15) is 0 Å². The summed E-state index contributed by atoms with van der Waals surface area (Å²) in [6, 6.07) is 17.2. The van der Waals surface area contributed by atoms with Crippen LogP contribution in [0.5, 0.6) is 0 Å². The molecule has 4 rings (SSSR count). The molecule has 0 spiro atoms. The van der Waals surface area contributed by atoms with E-state index in [1.54, 1.807) is 24.3 Å². The van der Waals surface area contributed by atoms with Crippen molar-refractivity contribution in [3.05, 3.63) is 65.7 Å². The largest absolute Gasteiger partial charge is 0.338 e. The van der Waals surface area contributed by atoms with Crippen LogP contribution >= 0.6 is 0 Å². The number of aliphatic imine (C=N–C) groups is 1. The molecule has 0 bridgehead atoms. The molecule has 0 saturated carbocycles. The second-order valence-electron chi connectivity index (χ2n) is 7.17. The SMILES string of the molecule is O=C(CN=C1NS(=O)(=O)c2ccccc21)N1CCC[C@H]1CCc1ccccc1. The molecule has 6 nitrogen and oxygen atoms in total. The summed E-state index contributed by atoms with van der Waals surface area (Å²) in [4.78, 5) is 19.1. The molecule has 1 N–H and O–H groups in total. The van der Waals surface area contributed by atoms with Crippen molar-refractivity contribution in [2.45, 2.75) is 36.6 Å². The van der Waals surface area contributed by atoms with Gasteiger partial charge >= 0.3 is 0 Å². The third-order valence-corrected chi connectivity index (χ3v) is 6.74. The number of carbonyl (C=O) groups excluding carboxylic acids is 1. The molecule has 1 atom stereocenters. The Hall–Kier alpha value is -2.67. The third-order valence-electron chi connectivity index (χ3n) is 5.34. The van der Waals surface area contributed by atoms with Gasteiger partial charge in [-0.25, -0.2) is 8.42 Å². The molecule has 1 amide bonds. The number of nitrogens with one attached hydrogen (secondary N) is 1. The van der Waals surface area contributed by atoms with Gasteiger partial charge in [-0.05, 0) is 43.4 Å². The van der Waals surface area contributed by atoms with Crippen molar-refractivity contribution < 1.29 is 13.2 Å². The summed E-state index contributed by atoms with van der Waals surface area (Å²) < 4.78 is 26.7. The van der Waals surface area contributed by atoms with Crippen LogP contribution in [0.4, 0.5) is 0 Å². The molecule has 7 heteroatoms. The van der Waals surface area contributed by atoms with Crippen LogP contribution in [0.25, 0.3) is 0 Å². The van der Waals surface area contributed by atoms with Gasteiger partial charge in [0.25, 0.3) is 10.0 Å². The molecule has 0 aliphatic carbocycles. The molecule has 28 heavy (non-hydrogen) atoms. The van der Waals surface area contributed by atoms with Crippen molar-refractivity contribution in [2.24, 2.45) is 4.99 Å². The summed E-state index contributed by atoms with van der Waals surface area (Å²) >= 11 is 0. The monoisotopic (exact) mass is 397 g/mol. The van der Waals surface area contributed by atoms with E-state index >= 15 is 0 Å². The van der Waals surface area contributed by atoms with Gasteiger partial charge in [-0.3, -0.25) is 14.5 Å². The first-order chi connectivity index (χ1) is 13.5. The number of carbonyl (C=O) groups is 1. The van der Waals surface area contributed by atoms with Crippen LogP contribution in [-0.2, 0) is 21.2 Å². The van der Waals surface area contributed by atoms with Crippen LogP contribution in [0.3, 0.4) is 0 Å². The Morgan fingerprint density at radius 1 is 1.11 bits per heavy atom. The van der Waals surface area contributed by atoms with Crippen molar-refractivity contribution in [2.75, 3.05) is 13.1 Å². The molecule has 2 aliphatic heterocycles. The summed E-state index contributed by atoms with van der Waals surface area (Å²) in [5, 5.41) is 0. The van der Waals surface area contributed by atoms with Gasteiger partial charge in [-0.1, -0.05) is 42.5 Å². The van der Waals surface area contributed by atoms with Crippen molar-refractivity contribution >= 4 is 21.8 Å². The van der Waals surface area contributed by atoms with E-state index in [0.717, 1.165) is 32.2 Å². The zero-order chi connectivity index (χ0) is 19.6.